The van der Waals surface area contributed by atoms with Gasteiger partial charge in [-0.15, -0.1) is 0 Å². The van der Waals surface area contributed by atoms with Gasteiger partial charge in [0, 0.05) is 30.9 Å². The number of unbranched alkanes of at least 4 members (excludes halogenated alkanes) is 2. The minimum Gasteiger partial charge on any atom is -0.473 e. The fourth-order valence-electron chi connectivity index (χ4n) is 3.58. The van der Waals surface area contributed by atoms with Gasteiger partial charge in [-0.2, -0.15) is 0 Å². The van der Waals surface area contributed by atoms with Crippen molar-refractivity contribution in [3.8, 4) is 0 Å². The number of nitrogens with zero attached hydrogens (tertiary/aromatic N) is 3. The molecular formula is C24H33N3O8. The molecule has 11 nitrogen and oxygen atoms in total. The van der Waals surface area contributed by atoms with E-state index in [0.29, 0.717) is 0 Å². The van der Waals surface area contributed by atoms with Crippen LogP contribution in [0.15, 0.2) is 36.5 Å². The Balaban J connectivity index is 0.000000425. The minimum atomic E-state index is -1.82. The molecule has 1 aromatic heterocycles. The van der Waals surface area contributed by atoms with Crippen LogP contribution in [0, 0.1) is 0 Å². The average molecular weight is 492 g/mol. The Bertz CT molecular complexity index is 923. The monoisotopic (exact) mass is 491 g/mol. The number of pyridine rings is 1. The van der Waals surface area contributed by atoms with Crippen LogP contribution >= 0.6 is 0 Å². The highest BCUT2D eigenvalue weighted by atomic mass is 16.4. The van der Waals surface area contributed by atoms with Crippen molar-refractivity contribution in [1.29, 1.82) is 0 Å². The standard InChI is InChI=1S/C20H29N3.2C2H2O4/c1-22(14-6-2-7-15-23-16-8-3-9-17-23)20-12-13-21-19-11-5-4-10-18(19)20;2*3-1(4)2(5)6/h4-5,10-13H,2-3,6-9,14-17H2,1H3;2*(H,3,4)(H,5,6). The number of piperidine rings is 1. The van der Waals surface area contributed by atoms with E-state index in [2.05, 4.69) is 52.2 Å². The number of benzene rings is 1. The van der Waals surface area contributed by atoms with E-state index in [1.165, 1.54) is 69.2 Å². The summed E-state index contributed by atoms with van der Waals surface area (Å²) in [5, 5.41) is 30.8. The van der Waals surface area contributed by atoms with Gasteiger partial charge in [0.05, 0.1) is 5.52 Å². The number of carboxylic acid groups (broad SMARTS) is 4. The first kappa shape index (κ1) is 29.3. The lowest BCUT2D eigenvalue weighted by molar-refractivity contribution is -0.159. The zero-order valence-corrected chi connectivity index (χ0v) is 19.8. The van der Waals surface area contributed by atoms with Gasteiger partial charge in [0.1, 0.15) is 0 Å². The second kappa shape index (κ2) is 16.0. The van der Waals surface area contributed by atoms with Gasteiger partial charge in [-0.25, -0.2) is 19.2 Å². The van der Waals surface area contributed by atoms with Crippen molar-refractivity contribution in [2.45, 2.75) is 38.5 Å². The Hall–Kier alpha value is -3.73. The summed E-state index contributed by atoms with van der Waals surface area (Å²) in [5.74, 6) is -7.30. The number of hydrogen-bond donors (Lipinski definition) is 4. The summed E-state index contributed by atoms with van der Waals surface area (Å²) in [6.07, 6.45) is 10.1. The van der Waals surface area contributed by atoms with Gasteiger partial charge in [0.25, 0.3) is 0 Å². The molecule has 2 heterocycles. The van der Waals surface area contributed by atoms with E-state index in [1.807, 2.05) is 6.20 Å². The molecule has 0 amide bonds. The van der Waals surface area contributed by atoms with Crippen molar-refractivity contribution in [2.24, 2.45) is 0 Å². The molecule has 35 heavy (non-hydrogen) atoms. The quantitative estimate of drug-likeness (QED) is 0.332. The van der Waals surface area contributed by atoms with Gasteiger partial charge in [-0.05, 0) is 57.5 Å². The van der Waals surface area contributed by atoms with Gasteiger partial charge in [-0.1, -0.05) is 31.0 Å². The molecule has 1 aliphatic rings. The van der Waals surface area contributed by atoms with E-state index < -0.39 is 23.9 Å². The topological polar surface area (TPSA) is 169 Å². The Kier molecular flexibility index (Phi) is 13.4. The number of rotatable bonds is 7. The van der Waals surface area contributed by atoms with Crippen LogP contribution in [-0.2, 0) is 19.2 Å². The Morgan fingerprint density at radius 1 is 0.829 bits per heavy atom. The molecular weight excluding hydrogens is 458 g/mol. The molecule has 1 fully saturated rings. The molecule has 1 aromatic carbocycles. The zero-order valence-electron chi connectivity index (χ0n) is 19.8. The van der Waals surface area contributed by atoms with Gasteiger partial charge < -0.3 is 30.2 Å². The Labute approximate surface area is 203 Å². The molecule has 0 radical (unpaired) electrons. The van der Waals surface area contributed by atoms with E-state index in [1.54, 1.807) is 0 Å². The molecule has 0 atom stereocenters. The molecule has 4 N–H and O–H groups in total. The van der Waals surface area contributed by atoms with Gasteiger partial charge in [-0.3, -0.25) is 4.98 Å². The summed E-state index contributed by atoms with van der Waals surface area (Å²) in [6, 6.07) is 10.5. The molecule has 1 aliphatic heterocycles. The predicted octanol–water partition coefficient (Wildman–Crippen LogP) is 2.64. The summed E-state index contributed by atoms with van der Waals surface area (Å²) < 4.78 is 0. The Morgan fingerprint density at radius 3 is 1.97 bits per heavy atom. The van der Waals surface area contributed by atoms with Crippen LogP contribution in [0.2, 0.25) is 0 Å². The van der Waals surface area contributed by atoms with Crippen molar-refractivity contribution in [3.05, 3.63) is 36.5 Å². The lowest BCUT2D eigenvalue weighted by atomic mass is 10.1. The van der Waals surface area contributed by atoms with Crippen molar-refractivity contribution in [3.63, 3.8) is 0 Å². The van der Waals surface area contributed by atoms with Crippen molar-refractivity contribution >= 4 is 40.5 Å². The maximum absolute atomic E-state index is 9.10. The molecule has 192 valence electrons. The minimum absolute atomic E-state index is 1.09. The number of aliphatic carboxylic acids is 4. The highest BCUT2D eigenvalue weighted by Gasteiger charge is 2.10. The lowest BCUT2D eigenvalue weighted by Crippen LogP contribution is -2.30. The lowest BCUT2D eigenvalue weighted by Gasteiger charge is -2.26. The summed E-state index contributed by atoms with van der Waals surface area (Å²) >= 11 is 0. The van der Waals surface area contributed by atoms with Crippen molar-refractivity contribution in [2.75, 3.05) is 38.1 Å². The normalized spacial score (nSPS) is 12.9. The van der Waals surface area contributed by atoms with Crippen molar-refractivity contribution < 1.29 is 39.6 Å². The number of fused-ring (bicyclic) bond motifs is 1. The molecule has 0 bridgehead atoms. The molecule has 1 saturated heterocycles. The van der Waals surface area contributed by atoms with Crippen LogP contribution in [0.3, 0.4) is 0 Å². The average Bonchev–Trinajstić information content (AvgIpc) is 2.84. The number of hydrogen-bond acceptors (Lipinski definition) is 7. The second-order valence-electron chi connectivity index (χ2n) is 7.95. The third-order valence-corrected chi connectivity index (χ3v) is 5.32. The SMILES string of the molecule is CN(CCCCCN1CCCCC1)c1ccnc2ccccc12.O=C(O)C(=O)O.O=C(O)C(=O)O. The molecule has 0 aliphatic carbocycles. The molecule has 0 unspecified atom stereocenters. The maximum atomic E-state index is 9.10. The van der Waals surface area contributed by atoms with E-state index >= 15 is 0 Å². The fraction of sp³-hybridized carbons (Fsp3) is 0.458. The van der Waals surface area contributed by atoms with Crippen LogP contribution in [-0.4, -0.2) is 87.4 Å². The first-order chi connectivity index (χ1) is 16.6. The van der Waals surface area contributed by atoms with Crippen molar-refractivity contribution in [1.82, 2.24) is 9.88 Å². The van der Waals surface area contributed by atoms with Crippen LogP contribution in [0.1, 0.15) is 38.5 Å². The molecule has 11 heteroatoms. The van der Waals surface area contributed by atoms with Gasteiger partial charge >= 0.3 is 23.9 Å². The third kappa shape index (κ3) is 11.8. The van der Waals surface area contributed by atoms with E-state index in [0.717, 1.165) is 12.1 Å². The fourth-order valence-corrected chi connectivity index (χ4v) is 3.58. The molecule has 0 saturated carbocycles. The van der Waals surface area contributed by atoms with E-state index in [4.69, 9.17) is 39.6 Å². The summed E-state index contributed by atoms with van der Waals surface area (Å²) in [7, 11) is 2.20. The van der Waals surface area contributed by atoms with Crippen LogP contribution in [0.25, 0.3) is 10.9 Å². The highest BCUT2D eigenvalue weighted by Crippen LogP contribution is 2.24. The number of para-hydroxylation sites is 1. The van der Waals surface area contributed by atoms with Crippen LogP contribution in [0.4, 0.5) is 5.69 Å². The molecule has 0 spiro atoms. The van der Waals surface area contributed by atoms with Crippen LogP contribution in [0.5, 0.6) is 0 Å². The van der Waals surface area contributed by atoms with Crippen LogP contribution < -0.4 is 4.90 Å². The number of carbonyl (C=O) groups is 4. The summed E-state index contributed by atoms with van der Waals surface area (Å²) in [5.41, 5.74) is 2.38. The largest absolute Gasteiger partial charge is 0.473 e. The number of carboxylic acids is 4. The molecule has 3 rings (SSSR count). The maximum Gasteiger partial charge on any atom is 0.414 e. The zero-order chi connectivity index (χ0) is 26.2. The smallest absolute Gasteiger partial charge is 0.414 e. The Morgan fingerprint density at radius 2 is 1.40 bits per heavy atom. The van der Waals surface area contributed by atoms with E-state index in [-0.39, 0.29) is 0 Å². The number of aromatic nitrogens is 1. The van der Waals surface area contributed by atoms with Gasteiger partial charge in [0.15, 0.2) is 0 Å². The highest BCUT2D eigenvalue weighted by molar-refractivity contribution is 6.27. The van der Waals surface area contributed by atoms with E-state index in [9.17, 15) is 0 Å². The predicted molar refractivity (Wildman–Crippen MR) is 130 cm³/mol. The number of likely N-dealkylation sites (tertiary alicyclic amines) is 1. The first-order valence-electron chi connectivity index (χ1n) is 11.3. The molecule has 2 aromatic rings. The first-order valence-corrected chi connectivity index (χ1v) is 11.3. The number of anilines is 1. The summed E-state index contributed by atoms with van der Waals surface area (Å²) in [6.45, 7) is 5.06. The van der Waals surface area contributed by atoms with Gasteiger partial charge in [0.2, 0.25) is 0 Å². The third-order valence-electron chi connectivity index (χ3n) is 5.32. The second-order valence-corrected chi connectivity index (χ2v) is 7.95. The summed E-state index contributed by atoms with van der Waals surface area (Å²) in [4.78, 5) is 45.9.